The van der Waals surface area contributed by atoms with Crippen LogP contribution in [-0.2, 0) is 0 Å². The van der Waals surface area contributed by atoms with Gasteiger partial charge in [-0.1, -0.05) is 109 Å². The molecule has 4 aromatic heterocycles. The van der Waals surface area contributed by atoms with Crippen molar-refractivity contribution in [3.05, 3.63) is 194 Å². The Hall–Kier alpha value is -7.64. The second kappa shape index (κ2) is 12.9. The van der Waals surface area contributed by atoms with Gasteiger partial charge in [-0.25, -0.2) is 0 Å². The molecule has 0 spiro atoms. The number of nitrogens with zero attached hydrogens (tertiary/aromatic N) is 2. The van der Waals surface area contributed by atoms with Gasteiger partial charge in [0.25, 0.3) is 0 Å². The van der Waals surface area contributed by atoms with Gasteiger partial charge in [0, 0.05) is 53.1 Å². The quantitative estimate of drug-likeness (QED) is 0.156. The fourth-order valence-electron chi connectivity index (χ4n) is 9.91. The van der Waals surface area contributed by atoms with E-state index < -0.39 is 0 Å². The highest BCUT2D eigenvalue weighted by Gasteiger charge is 2.26. The van der Waals surface area contributed by atoms with Crippen LogP contribution >= 0.6 is 22.7 Å². The van der Waals surface area contributed by atoms with Gasteiger partial charge < -0.3 is 18.6 Å². The lowest BCUT2D eigenvalue weighted by molar-refractivity contribution is 0.673. The smallest absolute Gasteiger partial charge is 0.160 e. The van der Waals surface area contributed by atoms with Gasteiger partial charge >= 0.3 is 0 Å². The SMILES string of the molecule is c1ccc(N(c2ccc3ccc4c(N(c5ccccc5)c5cccc6c5oc5c7ccccc7sc65)ccc5ccc2c3c54)c2cccc3c2oc2c4ccccc4sc32)cc1. The first-order valence-corrected chi connectivity index (χ1v) is 22.5. The van der Waals surface area contributed by atoms with Crippen LogP contribution in [-0.4, -0.2) is 0 Å². The Bertz CT molecular complexity index is 3800. The molecule has 6 heteroatoms. The normalized spacial score (nSPS) is 12.2. The highest BCUT2D eigenvalue weighted by atomic mass is 32.1. The highest BCUT2D eigenvalue weighted by molar-refractivity contribution is 7.27. The summed E-state index contributed by atoms with van der Waals surface area (Å²) in [5.41, 5.74) is 9.99. The minimum Gasteiger partial charge on any atom is -0.452 e. The molecule has 0 aliphatic carbocycles. The Kier molecular flexibility index (Phi) is 7.11. The fraction of sp³-hybridized carbons (Fsp3) is 0. The van der Waals surface area contributed by atoms with Crippen LogP contribution < -0.4 is 9.80 Å². The molecule has 0 saturated carbocycles. The minimum atomic E-state index is 0.884. The number of hydrogen-bond acceptors (Lipinski definition) is 6. The van der Waals surface area contributed by atoms with E-state index in [2.05, 4.69) is 204 Å². The molecule has 0 N–H and O–H groups in total. The van der Waals surface area contributed by atoms with E-state index >= 15 is 0 Å². The second-order valence-electron chi connectivity index (χ2n) is 16.0. The number of thiophene rings is 2. The summed E-state index contributed by atoms with van der Waals surface area (Å²) in [6.45, 7) is 0. The molecule has 0 bridgehead atoms. The molecular formula is C56H32N2O2S2. The summed E-state index contributed by atoms with van der Waals surface area (Å²) >= 11 is 3.60. The second-order valence-corrected chi connectivity index (χ2v) is 18.1. The number of benzene rings is 10. The van der Waals surface area contributed by atoms with Gasteiger partial charge in [0.05, 0.1) is 32.1 Å². The molecule has 0 atom stereocenters. The van der Waals surface area contributed by atoms with Crippen molar-refractivity contribution in [3.8, 4) is 0 Å². The van der Waals surface area contributed by atoms with Crippen LogP contribution in [0.5, 0.6) is 0 Å². The summed E-state index contributed by atoms with van der Waals surface area (Å²) < 4.78 is 18.7. The molecule has 0 amide bonds. The van der Waals surface area contributed by atoms with Crippen LogP contribution in [0, 0.1) is 0 Å². The zero-order chi connectivity index (χ0) is 40.5. The molecule has 62 heavy (non-hydrogen) atoms. The van der Waals surface area contributed by atoms with Crippen LogP contribution in [0.1, 0.15) is 0 Å². The van der Waals surface area contributed by atoms with E-state index in [4.69, 9.17) is 8.83 Å². The Morgan fingerprint density at radius 2 is 0.694 bits per heavy atom. The van der Waals surface area contributed by atoms with Crippen molar-refractivity contribution < 1.29 is 8.83 Å². The molecular weight excluding hydrogens is 797 g/mol. The molecule has 14 rings (SSSR count). The van der Waals surface area contributed by atoms with E-state index in [1.807, 2.05) is 0 Å². The average molecular weight is 829 g/mol. The third-order valence-corrected chi connectivity index (χ3v) is 15.0. The van der Waals surface area contributed by atoms with Crippen molar-refractivity contribution in [1.82, 2.24) is 0 Å². The molecule has 14 aromatic rings. The standard InChI is InChI=1S/C56H32N2O2S2/c1-3-13-35(14-4-1)57(45-21-11-19-41-51(45)59-53-39-17-7-9-23-47(39)61-55(41)53)43-31-27-33-26-30-38-44(32-28-34-25-29-37(43)49(33)50(34)38)58(36-15-5-2-6-16-36)46-22-12-20-42-52(46)60-54-40-18-8-10-24-48(40)62-56(42)54/h1-32H. The lowest BCUT2D eigenvalue weighted by atomic mass is 9.91. The summed E-state index contributed by atoms with van der Waals surface area (Å²) in [4.78, 5) is 4.77. The lowest BCUT2D eigenvalue weighted by Crippen LogP contribution is -2.11. The molecule has 4 nitrogen and oxygen atoms in total. The minimum absolute atomic E-state index is 0.884. The summed E-state index contributed by atoms with van der Waals surface area (Å²) in [6, 6.07) is 69.9. The van der Waals surface area contributed by atoms with Crippen molar-refractivity contribution in [2.24, 2.45) is 0 Å². The Morgan fingerprint density at radius 1 is 0.290 bits per heavy atom. The number of rotatable bonds is 6. The van der Waals surface area contributed by atoms with Gasteiger partial charge in [-0.3, -0.25) is 0 Å². The van der Waals surface area contributed by atoms with Crippen LogP contribution in [0.15, 0.2) is 203 Å². The predicted molar refractivity (Wildman–Crippen MR) is 265 cm³/mol. The summed E-state index contributed by atoms with van der Waals surface area (Å²) in [5.74, 6) is 0. The first-order valence-electron chi connectivity index (χ1n) is 20.8. The highest BCUT2D eigenvalue weighted by Crippen LogP contribution is 2.52. The van der Waals surface area contributed by atoms with Crippen LogP contribution in [0.2, 0.25) is 0 Å². The zero-order valence-corrected chi connectivity index (χ0v) is 34.6. The molecule has 10 aromatic carbocycles. The van der Waals surface area contributed by atoms with Crippen molar-refractivity contribution in [1.29, 1.82) is 0 Å². The van der Waals surface area contributed by atoms with Gasteiger partial charge in [-0.05, 0) is 106 Å². The molecule has 0 saturated heterocycles. The van der Waals surface area contributed by atoms with Gasteiger partial charge in [0.1, 0.15) is 0 Å². The first-order chi connectivity index (χ1) is 30.8. The maximum atomic E-state index is 6.93. The maximum Gasteiger partial charge on any atom is 0.160 e. The van der Waals surface area contributed by atoms with E-state index in [0.717, 1.165) is 78.0 Å². The number of hydrogen-bond donors (Lipinski definition) is 0. The number of para-hydroxylation sites is 4. The van der Waals surface area contributed by atoms with E-state index in [9.17, 15) is 0 Å². The van der Waals surface area contributed by atoms with Crippen LogP contribution in [0.25, 0.3) is 95.0 Å². The fourth-order valence-corrected chi connectivity index (χ4v) is 12.2. The first kappa shape index (κ1) is 34.1. The van der Waals surface area contributed by atoms with E-state index in [0.29, 0.717) is 0 Å². The van der Waals surface area contributed by atoms with Gasteiger partial charge in [-0.2, -0.15) is 0 Å². The Labute approximate surface area is 362 Å². The number of fused-ring (bicyclic) bond motifs is 10. The van der Waals surface area contributed by atoms with Crippen molar-refractivity contribution in [3.63, 3.8) is 0 Å². The lowest BCUT2D eigenvalue weighted by Gasteiger charge is -2.29. The van der Waals surface area contributed by atoms with E-state index in [-0.39, 0.29) is 0 Å². The van der Waals surface area contributed by atoms with Crippen LogP contribution in [0.4, 0.5) is 34.1 Å². The third-order valence-electron chi connectivity index (χ3n) is 12.6. The summed E-state index contributed by atoms with van der Waals surface area (Å²) in [6.07, 6.45) is 0. The molecule has 290 valence electrons. The number of furan rings is 2. The van der Waals surface area contributed by atoms with Crippen LogP contribution in [0.3, 0.4) is 0 Å². The summed E-state index contributed by atoms with van der Waals surface area (Å²) in [5, 5.41) is 11.8. The van der Waals surface area contributed by atoms with E-state index in [1.165, 1.54) is 51.1 Å². The predicted octanol–water partition coefficient (Wildman–Crippen LogP) is 17.8. The molecule has 4 heterocycles. The van der Waals surface area contributed by atoms with Crippen molar-refractivity contribution in [2.45, 2.75) is 0 Å². The van der Waals surface area contributed by atoms with Gasteiger partial charge in [-0.15, -0.1) is 22.7 Å². The van der Waals surface area contributed by atoms with Crippen molar-refractivity contribution in [2.75, 3.05) is 9.80 Å². The molecule has 0 aliphatic rings. The molecule has 0 aliphatic heterocycles. The van der Waals surface area contributed by atoms with E-state index in [1.54, 1.807) is 22.7 Å². The summed E-state index contributed by atoms with van der Waals surface area (Å²) in [7, 11) is 0. The average Bonchev–Trinajstić information content (AvgIpc) is 4.09. The largest absolute Gasteiger partial charge is 0.452 e. The van der Waals surface area contributed by atoms with Crippen molar-refractivity contribution >= 4 is 152 Å². The Morgan fingerprint density at radius 3 is 1.16 bits per heavy atom. The van der Waals surface area contributed by atoms with Gasteiger partial charge in [0.2, 0.25) is 0 Å². The Balaban J connectivity index is 1.02. The third kappa shape index (κ3) is 4.76. The van der Waals surface area contributed by atoms with Gasteiger partial charge in [0.15, 0.2) is 22.3 Å². The molecule has 0 fully saturated rings. The monoisotopic (exact) mass is 828 g/mol. The maximum absolute atomic E-state index is 6.93. The molecule has 0 unspecified atom stereocenters. The molecule has 0 radical (unpaired) electrons. The zero-order valence-electron chi connectivity index (χ0n) is 33.0. The number of anilines is 6. The topological polar surface area (TPSA) is 32.8 Å².